The molecule has 5 nitrogen and oxygen atoms in total. The van der Waals surface area contributed by atoms with Crippen LogP contribution in [0.3, 0.4) is 0 Å². The molecule has 0 saturated carbocycles. The molecule has 1 aromatic carbocycles. The molecule has 0 saturated heterocycles. The summed E-state index contributed by atoms with van der Waals surface area (Å²) in [6.07, 6.45) is 0. The molecular formula is C15H20N4O. The molecule has 2 rings (SSSR count). The molecule has 106 valence electrons. The van der Waals surface area contributed by atoms with Crippen molar-refractivity contribution in [1.29, 1.82) is 0 Å². The monoisotopic (exact) mass is 272 g/mol. The maximum Gasteiger partial charge on any atom is 0.134 e. The van der Waals surface area contributed by atoms with Crippen LogP contribution in [0.4, 0.5) is 11.5 Å². The summed E-state index contributed by atoms with van der Waals surface area (Å²) in [5, 5.41) is 3.27. The summed E-state index contributed by atoms with van der Waals surface area (Å²) in [5.41, 5.74) is 8.60. The van der Waals surface area contributed by atoms with Crippen LogP contribution in [0.1, 0.15) is 24.0 Å². The van der Waals surface area contributed by atoms with E-state index in [1.54, 1.807) is 0 Å². The van der Waals surface area contributed by atoms with Crippen LogP contribution in [0, 0.1) is 13.8 Å². The van der Waals surface area contributed by atoms with E-state index in [9.17, 15) is 0 Å². The lowest BCUT2D eigenvalue weighted by atomic mass is 10.1. The van der Waals surface area contributed by atoms with Crippen LogP contribution >= 0.6 is 0 Å². The summed E-state index contributed by atoms with van der Waals surface area (Å²) in [5.74, 6) is 2.36. The Morgan fingerprint density at radius 1 is 1.20 bits per heavy atom. The van der Waals surface area contributed by atoms with Gasteiger partial charge < -0.3 is 15.8 Å². The molecule has 1 heterocycles. The first-order valence-corrected chi connectivity index (χ1v) is 6.67. The number of rotatable bonds is 5. The van der Waals surface area contributed by atoms with Gasteiger partial charge in [-0.2, -0.15) is 0 Å². The van der Waals surface area contributed by atoms with Crippen molar-refractivity contribution in [3.8, 4) is 5.75 Å². The topological polar surface area (TPSA) is 73.1 Å². The minimum Gasteiger partial charge on any atom is -0.494 e. The van der Waals surface area contributed by atoms with Crippen molar-refractivity contribution in [1.82, 2.24) is 9.97 Å². The van der Waals surface area contributed by atoms with Crippen LogP contribution in [0.5, 0.6) is 5.75 Å². The lowest BCUT2D eigenvalue weighted by Crippen LogP contribution is -2.04. The van der Waals surface area contributed by atoms with E-state index in [1.807, 2.05) is 45.0 Å². The third-order valence-corrected chi connectivity index (χ3v) is 2.82. The Morgan fingerprint density at radius 2 is 2.00 bits per heavy atom. The number of aryl methyl sites for hydroxylation is 2. The van der Waals surface area contributed by atoms with Gasteiger partial charge in [-0.3, -0.25) is 0 Å². The Balaban J connectivity index is 2.25. The highest BCUT2D eigenvalue weighted by Gasteiger charge is 2.05. The summed E-state index contributed by atoms with van der Waals surface area (Å²) in [7, 11) is 0. The summed E-state index contributed by atoms with van der Waals surface area (Å²) < 4.78 is 5.54. The van der Waals surface area contributed by atoms with Gasteiger partial charge >= 0.3 is 0 Å². The molecule has 0 aliphatic heterocycles. The predicted octanol–water partition coefficient (Wildman–Crippen LogP) is 2.69. The summed E-state index contributed by atoms with van der Waals surface area (Å²) in [6.45, 7) is 6.85. The van der Waals surface area contributed by atoms with Crippen LogP contribution in [0.15, 0.2) is 24.3 Å². The van der Waals surface area contributed by atoms with Gasteiger partial charge in [-0.1, -0.05) is 0 Å². The predicted molar refractivity (Wildman–Crippen MR) is 80.3 cm³/mol. The van der Waals surface area contributed by atoms with E-state index >= 15 is 0 Å². The van der Waals surface area contributed by atoms with Gasteiger partial charge in [0.25, 0.3) is 0 Å². The number of benzene rings is 1. The Labute approximate surface area is 119 Å². The van der Waals surface area contributed by atoms with Gasteiger partial charge in [-0.05, 0) is 39.0 Å². The lowest BCUT2D eigenvalue weighted by molar-refractivity contribution is 0.336. The van der Waals surface area contributed by atoms with E-state index in [4.69, 9.17) is 10.5 Å². The van der Waals surface area contributed by atoms with Gasteiger partial charge in [-0.15, -0.1) is 0 Å². The fraction of sp³-hybridized carbons (Fsp3) is 0.333. The van der Waals surface area contributed by atoms with E-state index in [-0.39, 0.29) is 0 Å². The van der Waals surface area contributed by atoms with Crippen molar-refractivity contribution in [3.63, 3.8) is 0 Å². The van der Waals surface area contributed by atoms with Crippen molar-refractivity contribution in [3.05, 3.63) is 41.3 Å². The van der Waals surface area contributed by atoms with E-state index in [0.717, 1.165) is 34.3 Å². The molecular weight excluding hydrogens is 252 g/mol. The second-order valence-electron chi connectivity index (χ2n) is 4.53. The third-order valence-electron chi connectivity index (χ3n) is 2.82. The normalized spacial score (nSPS) is 10.4. The molecule has 0 radical (unpaired) electrons. The Kier molecular flexibility index (Phi) is 4.53. The Morgan fingerprint density at radius 3 is 2.65 bits per heavy atom. The van der Waals surface area contributed by atoms with Crippen LogP contribution in [-0.4, -0.2) is 16.6 Å². The molecule has 0 aliphatic carbocycles. The summed E-state index contributed by atoms with van der Waals surface area (Å²) >= 11 is 0. The van der Waals surface area contributed by atoms with Crippen molar-refractivity contribution < 1.29 is 4.74 Å². The van der Waals surface area contributed by atoms with Gasteiger partial charge in [0.2, 0.25) is 0 Å². The van der Waals surface area contributed by atoms with Gasteiger partial charge in [0.05, 0.1) is 6.61 Å². The highest BCUT2D eigenvalue weighted by atomic mass is 16.5. The average Bonchev–Trinajstić information content (AvgIpc) is 2.39. The molecule has 20 heavy (non-hydrogen) atoms. The Bertz CT molecular complexity index is 578. The molecule has 3 N–H and O–H groups in total. The number of anilines is 2. The molecule has 0 bridgehead atoms. The molecule has 0 fully saturated rings. The molecule has 0 atom stereocenters. The zero-order chi connectivity index (χ0) is 14.5. The minimum atomic E-state index is 0.437. The molecule has 0 spiro atoms. The van der Waals surface area contributed by atoms with E-state index < -0.39 is 0 Å². The number of nitrogens with zero attached hydrogens (tertiary/aromatic N) is 2. The summed E-state index contributed by atoms with van der Waals surface area (Å²) in [4.78, 5) is 8.62. The zero-order valence-electron chi connectivity index (χ0n) is 12.1. The highest BCUT2D eigenvalue weighted by molar-refractivity contribution is 5.59. The maximum atomic E-state index is 5.76. The van der Waals surface area contributed by atoms with Gasteiger partial charge in [0, 0.05) is 29.6 Å². The third kappa shape index (κ3) is 3.45. The van der Waals surface area contributed by atoms with Crippen molar-refractivity contribution in [2.24, 2.45) is 5.73 Å². The molecule has 0 unspecified atom stereocenters. The van der Waals surface area contributed by atoms with Crippen molar-refractivity contribution in [2.45, 2.75) is 27.3 Å². The summed E-state index contributed by atoms with van der Waals surface area (Å²) in [6, 6.07) is 7.77. The van der Waals surface area contributed by atoms with Gasteiger partial charge in [-0.25, -0.2) is 9.97 Å². The number of hydrogen-bond acceptors (Lipinski definition) is 5. The van der Waals surface area contributed by atoms with Crippen LogP contribution < -0.4 is 15.8 Å². The van der Waals surface area contributed by atoms with Gasteiger partial charge in [0.15, 0.2) is 0 Å². The molecule has 5 heteroatoms. The first kappa shape index (κ1) is 14.3. The molecule has 1 aromatic heterocycles. The van der Waals surface area contributed by atoms with Gasteiger partial charge in [0.1, 0.15) is 17.4 Å². The van der Waals surface area contributed by atoms with Crippen LogP contribution in [0.2, 0.25) is 0 Å². The van der Waals surface area contributed by atoms with E-state index in [2.05, 4.69) is 15.3 Å². The first-order valence-electron chi connectivity index (χ1n) is 6.67. The van der Waals surface area contributed by atoms with Crippen LogP contribution in [-0.2, 0) is 6.54 Å². The molecule has 0 amide bonds. The largest absolute Gasteiger partial charge is 0.494 e. The van der Waals surface area contributed by atoms with E-state index in [1.165, 1.54) is 0 Å². The standard InChI is InChI=1S/C15H20N4O/c1-4-20-14-6-5-13(8-12(14)9-16)19-15-7-10(2)17-11(3)18-15/h5-8H,4,9,16H2,1-3H3,(H,17,18,19). The average molecular weight is 272 g/mol. The second-order valence-corrected chi connectivity index (χ2v) is 4.53. The number of ether oxygens (including phenoxy) is 1. The fourth-order valence-electron chi connectivity index (χ4n) is 2.04. The molecule has 0 aliphatic rings. The lowest BCUT2D eigenvalue weighted by Gasteiger charge is -2.12. The zero-order valence-corrected chi connectivity index (χ0v) is 12.1. The van der Waals surface area contributed by atoms with Crippen molar-refractivity contribution >= 4 is 11.5 Å². The maximum absolute atomic E-state index is 5.76. The van der Waals surface area contributed by atoms with Crippen molar-refractivity contribution in [2.75, 3.05) is 11.9 Å². The van der Waals surface area contributed by atoms with E-state index in [0.29, 0.717) is 13.2 Å². The molecule has 2 aromatic rings. The smallest absolute Gasteiger partial charge is 0.134 e. The Hall–Kier alpha value is -2.14. The second kappa shape index (κ2) is 6.34. The van der Waals surface area contributed by atoms with Crippen LogP contribution in [0.25, 0.3) is 0 Å². The number of nitrogens with one attached hydrogen (secondary N) is 1. The number of nitrogens with two attached hydrogens (primary N) is 1. The quantitative estimate of drug-likeness (QED) is 0.875. The number of hydrogen-bond donors (Lipinski definition) is 2. The first-order chi connectivity index (χ1) is 9.62. The minimum absolute atomic E-state index is 0.437. The highest BCUT2D eigenvalue weighted by Crippen LogP contribution is 2.24. The SMILES string of the molecule is CCOc1ccc(Nc2cc(C)nc(C)n2)cc1CN. The fourth-order valence-corrected chi connectivity index (χ4v) is 2.04. The number of aromatic nitrogens is 2.